The maximum atomic E-state index is 12.4. The summed E-state index contributed by atoms with van der Waals surface area (Å²) in [6, 6.07) is 6.02. The number of hydrogen-bond acceptors (Lipinski definition) is 4. The van der Waals surface area contributed by atoms with Crippen LogP contribution in [0, 0.1) is 10.1 Å². The summed E-state index contributed by atoms with van der Waals surface area (Å²) >= 11 is 7.23. The molecule has 1 N–H and O–H groups in total. The number of fused-ring (bicyclic) bond motifs is 1. The van der Waals surface area contributed by atoms with Gasteiger partial charge in [0.1, 0.15) is 0 Å². The molecule has 0 radical (unpaired) electrons. The molecule has 7 heteroatoms. The molecular formula is C13H7ClN2O3S. The molecule has 0 amide bonds. The first-order valence-electron chi connectivity index (χ1n) is 5.61. The molecular weight excluding hydrogens is 300 g/mol. The maximum absolute atomic E-state index is 12.4. The first-order chi connectivity index (χ1) is 9.58. The molecule has 3 aromatic rings. The number of aromatic amines is 1. The lowest BCUT2D eigenvalue weighted by molar-refractivity contribution is -0.384. The number of carbonyl (C=O) groups is 1. The predicted molar refractivity (Wildman–Crippen MR) is 77.7 cm³/mol. The number of H-pyrrole nitrogens is 1. The fraction of sp³-hybridized carbons (Fsp3) is 0. The minimum atomic E-state index is -0.474. The van der Waals surface area contributed by atoms with Gasteiger partial charge in [-0.15, -0.1) is 11.3 Å². The Balaban J connectivity index is 2.12. The summed E-state index contributed by atoms with van der Waals surface area (Å²) in [5.74, 6) is -0.190. The van der Waals surface area contributed by atoms with Gasteiger partial charge in [-0.25, -0.2) is 0 Å². The number of thiophene rings is 1. The van der Waals surface area contributed by atoms with Gasteiger partial charge in [0.05, 0.1) is 20.3 Å². The number of benzene rings is 1. The number of nitrogens with one attached hydrogen (secondary N) is 1. The van der Waals surface area contributed by atoms with Gasteiger partial charge in [-0.1, -0.05) is 11.6 Å². The Hall–Kier alpha value is -2.18. The number of aromatic nitrogens is 1. The third-order valence-electron chi connectivity index (χ3n) is 2.94. The van der Waals surface area contributed by atoms with E-state index in [1.165, 1.54) is 23.5 Å². The van der Waals surface area contributed by atoms with E-state index in [1.807, 2.05) is 0 Å². The zero-order valence-corrected chi connectivity index (χ0v) is 11.5. The fourth-order valence-electron chi connectivity index (χ4n) is 1.99. The van der Waals surface area contributed by atoms with Crippen LogP contribution in [0.2, 0.25) is 5.02 Å². The molecule has 0 aliphatic carbocycles. The molecule has 0 atom stereocenters. The predicted octanol–water partition coefficient (Wildman–Crippen LogP) is 4.02. The standard InChI is InChI=1S/C13H7ClN2O3S/c14-10-3-4-20-13(10)12(17)9-6-15-11-5-7(16(18)19)1-2-8(9)11/h1-6,15H. The lowest BCUT2D eigenvalue weighted by Crippen LogP contribution is -1.98. The van der Waals surface area contributed by atoms with Gasteiger partial charge in [-0.3, -0.25) is 14.9 Å². The average molecular weight is 307 g/mol. The van der Waals surface area contributed by atoms with Crippen LogP contribution in [0.15, 0.2) is 35.8 Å². The number of hydrogen-bond donors (Lipinski definition) is 1. The van der Waals surface area contributed by atoms with Crippen LogP contribution in [0.25, 0.3) is 10.9 Å². The van der Waals surface area contributed by atoms with Crippen molar-refractivity contribution in [2.24, 2.45) is 0 Å². The number of nitro groups is 1. The van der Waals surface area contributed by atoms with Crippen molar-refractivity contribution in [3.05, 3.63) is 61.4 Å². The minimum absolute atomic E-state index is 0.0208. The third kappa shape index (κ3) is 1.99. The Bertz CT molecular complexity index is 837. The van der Waals surface area contributed by atoms with E-state index in [2.05, 4.69) is 4.98 Å². The summed E-state index contributed by atoms with van der Waals surface area (Å²) in [6.45, 7) is 0. The number of rotatable bonds is 3. The summed E-state index contributed by atoms with van der Waals surface area (Å²) in [5.41, 5.74) is 0.988. The lowest BCUT2D eigenvalue weighted by atomic mass is 10.1. The highest BCUT2D eigenvalue weighted by atomic mass is 35.5. The zero-order valence-electron chi connectivity index (χ0n) is 9.92. The molecule has 0 saturated heterocycles. The minimum Gasteiger partial charge on any atom is -0.360 e. The Morgan fingerprint density at radius 3 is 2.80 bits per heavy atom. The van der Waals surface area contributed by atoms with E-state index >= 15 is 0 Å². The van der Waals surface area contributed by atoms with Crippen LogP contribution in [0.3, 0.4) is 0 Å². The molecule has 0 fully saturated rings. The molecule has 0 unspecified atom stereocenters. The first kappa shape index (κ1) is 12.8. The molecule has 5 nitrogen and oxygen atoms in total. The second-order valence-corrected chi connectivity index (χ2v) is 5.44. The van der Waals surface area contributed by atoms with Crippen molar-refractivity contribution < 1.29 is 9.72 Å². The maximum Gasteiger partial charge on any atom is 0.271 e. The number of nitrogens with zero attached hydrogens (tertiary/aromatic N) is 1. The van der Waals surface area contributed by atoms with Crippen molar-refractivity contribution in [1.82, 2.24) is 4.98 Å². The van der Waals surface area contributed by atoms with Crippen molar-refractivity contribution in [3.63, 3.8) is 0 Å². The van der Waals surface area contributed by atoms with E-state index in [4.69, 9.17) is 11.6 Å². The van der Waals surface area contributed by atoms with Gasteiger partial charge in [-0.2, -0.15) is 0 Å². The summed E-state index contributed by atoms with van der Waals surface area (Å²) in [4.78, 5) is 26.0. The van der Waals surface area contributed by atoms with E-state index in [0.29, 0.717) is 26.4 Å². The van der Waals surface area contributed by atoms with Crippen molar-refractivity contribution in [3.8, 4) is 0 Å². The van der Waals surface area contributed by atoms with Gasteiger partial charge in [0.25, 0.3) is 5.69 Å². The van der Waals surface area contributed by atoms with Crippen LogP contribution in [-0.2, 0) is 0 Å². The Labute approximate surface area is 122 Å². The summed E-state index contributed by atoms with van der Waals surface area (Å²) in [6.07, 6.45) is 1.55. The van der Waals surface area contributed by atoms with E-state index in [1.54, 1.807) is 23.7 Å². The number of carbonyl (C=O) groups excluding carboxylic acids is 1. The van der Waals surface area contributed by atoms with Crippen LogP contribution >= 0.6 is 22.9 Å². The highest BCUT2D eigenvalue weighted by Crippen LogP contribution is 2.29. The van der Waals surface area contributed by atoms with Gasteiger partial charge in [-0.05, 0) is 17.5 Å². The summed E-state index contributed by atoms with van der Waals surface area (Å²) in [7, 11) is 0. The van der Waals surface area contributed by atoms with Crippen molar-refractivity contribution in [1.29, 1.82) is 0 Å². The zero-order chi connectivity index (χ0) is 14.3. The number of ketones is 1. The van der Waals surface area contributed by atoms with Gasteiger partial charge in [0.2, 0.25) is 5.78 Å². The highest BCUT2D eigenvalue weighted by molar-refractivity contribution is 7.13. The average Bonchev–Trinajstić information content (AvgIpc) is 3.03. The van der Waals surface area contributed by atoms with Gasteiger partial charge >= 0.3 is 0 Å². The number of halogens is 1. The number of nitro benzene ring substituents is 1. The van der Waals surface area contributed by atoms with Gasteiger partial charge in [0, 0.05) is 29.3 Å². The van der Waals surface area contributed by atoms with Crippen LogP contribution in [0.5, 0.6) is 0 Å². The molecule has 2 aromatic heterocycles. The SMILES string of the molecule is O=C(c1sccc1Cl)c1c[nH]c2cc([N+](=O)[O-])ccc12. The molecule has 0 aliphatic heterocycles. The Kier molecular flexibility index (Phi) is 3.04. The molecule has 0 aliphatic rings. The van der Waals surface area contributed by atoms with Crippen molar-refractivity contribution >= 4 is 45.3 Å². The molecule has 3 rings (SSSR count). The van der Waals surface area contributed by atoms with Crippen molar-refractivity contribution in [2.45, 2.75) is 0 Å². The molecule has 20 heavy (non-hydrogen) atoms. The number of non-ortho nitro benzene ring substituents is 1. The van der Waals surface area contributed by atoms with E-state index in [9.17, 15) is 14.9 Å². The fourth-order valence-corrected chi connectivity index (χ4v) is 3.09. The molecule has 1 aromatic carbocycles. The normalized spacial score (nSPS) is 10.8. The van der Waals surface area contributed by atoms with Crippen LogP contribution < -0.4 is 0 Å². The first-order valence-corrected chi connectivity index (χ1v) is 6.87. The lowest BCUT2D eigenvalue weighted by Gasteiger charge is -1.97. The quantitative estimate of drug-likeness (QED) is 0.451. The van der Waals surface area contributed by atoms with Gasteiger partial charge in [0.15, 0.2) is 0 Å². The van der Waals surface area contributed by atoms with E-state index in [-0.39, 0.29) is 11.5 Å². The molecule has 100 valence electrons. The Morgan fingerprint density at radius 2 is 2.15 bits per heavy atom. The van der Waals surface area contributed by atoms with Crippen LogP contribution in [0.1, 0.15) is 15.2 Å². The smallest absolute Gasteiger partial charge is 0.271 e. The van der Waals surface area contributed by atoms with E-state index in [0.717, 1.165) is 0 Å². The highest BCUT2D eigenvalue weighted by Gasteiger charge is 2.19. The molecule has 0 spiro atoms. The topological polar surface area (TPSA) is 76.0 Å². The second-order valence-electron chi connectivity index (χ2n) is 4.12. The monoisotopic (exact) mass is 306 g/mol. The summed E-state index contributed by atoms with van der Waals surface area (Å²) < 4.78 is 0. The molecule has 0 bridgehead atoms. The van der Waals surface area contributed by atoms with Gasteiger partial charge < -0.3 is 4.98 Å². The third-order valence-corrected chi connectivity index (χ3v) is 4.28. The van der Waals surface area contributed by atoms with Crippen LogP contribution in [0.4, 0.5) is 5.69 Å². The van der Waals surface area contributed by atoms with Crippen molar-refractivity contribution in [2.75, 3.05) is 0 Å². The molecule has 0 saturated carbocycles. The second kappa shape index (κ2) is 4.73. The Morgan fingerprint density at radius 1 is 1.35 bits per heavy atom. The van der Waals surface area contributed by atoms with E-state index < -0.39 is 4.92 Å². The summed E-state index contributed by atoms with van der Waals surface area (Å²) in [5, 5.41) is 13.5. The molecule has 2 heterocycles. The largest absolute Gasteiger partial charge is 0.360 e. The van der Waals surface area contributed by atoms with Crippen LogP contribution in [-0.4, -0.2) is 15.7 Å².